The van der Waals surface area contributed by atoms with E-state index in [2.05, 4.69) is 10.5 Å². The van der Waals surface area contributed by atoms with Crippen molar-refractivity contribution in [2.24, 2.45) is 5.10 Å². The average Bonchev–Trinajstić information content (AvgIpc) is 2.83. The number of hydrogen-bond acceptors (Lipinski definition) is 4. The van der Waals surface area contributed by atoms with Crippen LogP contribution in [0.3, 0.4) is 0 Å². The number of nitrogens with zero attached hydrogens (tertiary/aromatic N) is 1. The van der Waals surface area contributed by atoms with Crippen LogP contribution in [0.25, 0.3) is 0 Å². The summed E-state index contributed by atoms with van der Waals surface area (Å²) in [6, 6.07) is 35.8. The van der Waals surface area contributed by atoms with Crippen LogP contribution in [0.4, 0.5) is 5.69 Å². The van der Waals surface area contributed by atoms with Crippen molar-refractivity contribution in [3.05, 3.63) is 126 Å². The highest BCUT2D eigenvalue weighted by atomic mass is 16.5. The molecule has 0 fully saturated rings. The van der Waals surface area contributed by atoms with Gasteiger partial charge >= 0.3 is 0 Å². The Morgan fingerprint density at radius 2 is 1.10 bits per heavy atom. The number of rotatable bonds is 9. The van der Waals surface area contributed by atoms with Gasteiger partial charge in [0.15, 0.2) is 0 Å². The normalized spacial score (nSPS) is 10.7. The number of nitrogens with one attached hydrogen (secondary N) is 1. The van der Waals surface area contributed by atoms with Crippen LogP contribution < -0.4 is 14.9 Å². The molecule has 0 saturated carbocycles. The van der Waals surface area contributed by atoms with Crippen LogP contribution in [0, 0.1) is 0 Å². The molecule has 31 heavy (non-hydrogen) atoms. The molecule has 0 amide bonds. The maximum absolute atomic E-state index is 6.03. The maximum Gasteiger partial charge on any atom is 0.124 e. The number of hydrogen-bond donors (Lipinski definition) is 1. The summed E-state index contributed by atoms with van der Waals surface area (Å²) in [4.78, 5) is 0. The minimum Gasteiger partial charge on any atom is -0.489 e. The van der Waals surface area contributed by atoms with Crippen LogP contribution >= 0.6 is 0 Å². The summed E-state index contributed by atoms with van der Waals surface area (Å²) < 4.78 is 12.1. The molecule has 0 saturated heterocycles. The first kappa shape index (κ1) is 20.2. The molecule has 4 aromatic rings. The van der Waals surface area contributed by atoms with Crippen LogP contribution in [0.2, 0.25) is 0 Å². The van der Waals surface area contributed by atoms with Crippen molar-refractivity contribution in [1.29, 1.82) is 0 Å². The van der Waals surface area contributed by atoms with Crippen molar-refractivity contribution in [3.63, 3.8) is 0 Å². The maximum atomic E-state index is 6.03. The smallest absolute Gasteiger partial charge is 0.124 e. The molecule has 0 heterocycles. The van der Waals surface area contributed by atoms with E-state index in [1.165, 1.54) is 0 Å². The van der Waals surface area contributed by atoms with Gasteiger partial charge < -0.3 is 9.47 Å². The summed E-state index contributed by atoms with van der Waals surface area (Å²) in [5.41, 5.74) is 7.07. The third kappa shape index (κ3) is 6.47. The summed E-state index contributed by atoms with van der Waals surface area (Å²) in [6.07, 6.45) is 1.76. The number of para-hydroxylation sites is 1. The highest BCUT2D eigenvalue weighted by Gasteiger charge is 2.04. The second-order valence-electron chi connectivity index (χ2n) is 7.02. The lowest BCUT2D eigenvalue weighted by Gasteiger charge is -2.11. The molecule has 154 valence electrons. The molecule has 0 aliphatic carbocycles. The predicted molar refractivity (Wildman–Crippen MR) is 126 cm³/mol. The summed E-state index contributed by atoms with van der Waals surface area (Å²) in [5.74, 6) is 1.46. The molecule has 4 aromatic carbocycles. The Bertz CT molecular complexity index is 1040. The first-order chi connectivity index (χ1) is 15.3. The second kappa shape index (κ2) is 10.6. The van der Waals surface area contributed by atoms with E-state index in [1.807, 2.05) is 109 Å². The zero-order chi connectivity index (χ0) is 21.1. The lowest BCUT2D eigenvalue weighted by atomic mass is 10.2. The third-order valence-corrected chi connectivity index (χ3v) is 4.58. The zero-order valence-corrected chi connectivity index (χ0v) is 17.1. The lowest BCUT2D eigenvalue weighted by molar-refractivity contribution is 0.290. The van der Waals surface area contributed by atoms with E-state index < -0.39 is 0 Å². The molecule has 0 aromatic heterocycles. The Morgan fingerprint density at radius 3 is 1.61 bits per heavy atom. The van der Waals surface area contributed by atoms with Gasteiger partial charge in [-0.1, -0.05) is 78.9 Å². The second-order valence-corrected chi connectivity index (χ2v) is 7.02. The zero-order valence-electron chi connectivity index (χ0n) is 17.1. The van der Waals surface area contributed by atoms with Gasteiger partial charge in [-0.3, -0.25) is 5.43 Å². The molecule has 0 atom stereocenters. The predicted octanol–water partition coefficient (Wildman–Crippen LogP) is 6.29. The number of benzene rings is 4. The van der Waals surface area contributed by atoms with Crippen molar-refractivity contribution in [2.45, 2.75) is 13.2 Å². The van der Waals surface area contributed by atoms with Gasteiger partial charge in [0, 0.05) is 11.6 Å². The van der Waals surface area contributed by atoms with Gasteiger partial charge in [0.1, 0.15) is 24.7 Å². The van der Waals surface area contributed by atoms with Crippen molar-refractivity contribution in [3.8, 4) is 11.5 Å². The Hall–Kier alpha value is -4.05. The SMILES string of the molecule is C(=NNc1ccccc1)c1cc(OCc2ccccc2)cc(OCc2ccccc2)c1. The minimum absolute atomic E-state index is 0.488. The van der Waals surface area contributed by atoms with E-state index in [9.17, 15) is 0 Å². The van der Waals surface area contributed by atoms with Crippen molar-refractivity contribution in [2.75, 3.05) is 5.43 Å². The van der Waals surface area contributed by atoms with Crippen molar-refractivity contribution >= 4 is 11.9 Å². The Morgan fingerprint density at radius 1 is 0.613 bits per heavy atom. The summed E-state index contributed by atoms with van der Waals surface area (Å²) >= 11 is 0. The molecular weight excluding hydrogens is 384 g/mol. The fourth-order valence-corrected chi connectivity index (χ4v) is 3.01. The van der Waals surface area contributed by atoms with Crippen molar-refractivity contribution in [1.82, 2.24) is 0 Å². The van der Waals surface area contributed by atoms with Crippen LogP contribution in [-0.4, -0.2) is 6.21 Å². The van der Waals surface area contributed by atoms with Gasteiger partial charge in [0.05, 0.1) is 11.9 Å². The largest absolute Gasteiger partial charge is 0.489 e. The molecule has 0 aliphatic heterocycles. The van der Waals surface area contributed by atoms with Gasteiger partial charge in [-0.2, -0.15) is 5.10 Å². The average molecular weight is 409 g/mol. The molecule has 4 rings (SSSR count). The minimum atomic E-state index is 0.488. The number of anilines is 1. The standard InChI is InChI=1S/C27H24N2O2/c1-4-10-22(11-5-1)20-30-26-16-24(19-28-29-25-14-8-3-9-15-25)17-27(18-26)31-21-23-12-6-2-7-13-23/h1-19,29H,20-21H2. The summed E-state index contributed by atoms with van der Waals surface area (Å²) in [5, 5.41) is 4.34. The highest BCUT2D eigenvalue weighted by molar-refractivity contribution is 5.81. The molecule has 0 bridgehead atoms. The van der Waals surface area contributed by atoms with Gasteiger partial charge in [-0.15, -0.1) is 0 Å². The van der Waals surface area contributed by atoms with Crippen LogP contribution in [-0.2, 0) is 13.2 Å². The Kier molecular flexibility index (Phi) is 6.95. The van der Waals surface area contributed by atoms with Gasteiger partial charge in [-0.25, -0.2) is 0 Å². The van der Waals surface area contributed by atoms with Crippen LogP contribution in [0.1, 0.15) is 16.7 Å². The van der Waals surface area contributed by atoms with Crippen LogP contribution in [0.15, 0.2) is 114 Å². The van der Waals surface area contributed by atoms with E-state index in [1.54, 1.807) is 6.21 Å². The van der Waals surface area contributed by atoms with E-state index in [4.69, 9.17) is 9.47 Å². The first-order valence-electron chi connectivity index (χ1n) is 10.2. The molecule has 0 radical (unpaired) electrons. The lowest BCUT2D eigenvalue weighted by Crippen LogP contribution is -1.99. The monoisotopic (exact) mass is 408 g/mol. The van der Waals surface area contributed by atoms with Gasteiger partial charge in [0.25, 0.3) is 0 Å². The molecule has 4 heteroatoms. The number of ether oxygens (including phenoxy) is 2. The highest BCUT2D eigenvalue weighted by Crippen LogP contribution is 2.24. The third-order valence-electron chi connectivity index (χ3n) is 4.58. The summed E-state index contributed by atoms with van der Waals surface area (Å²) in [7, 11) is 0. The molecular formula is C27H24N2O2. The fourth-order valence-electron chi connectivity index (χ4n) is 3.01. The molecule has 0 unspecified atom stereocenters. The molecule has 4 nitrogen and oxygen atoms in total. The van der Waals surface area contributed by atoms with E-state index in [0.717, 1.165) is 33.9 Å². The topological polar surface area (TPSA) is 42.9 Å². The molecule has 0 spiro atoms. The van der Waals surface area contributed by atoms with Gasteiger partial charge in [0.2, 0.25) is 0 Å². The molecule has 0 aliphatic rings. The fraction of sp³-hybridized carbons (Fsp3) is 0.0741. The van der Waals surface area contributed by atoms with Gasteiger partial charge in [-0.05, 0) is 35.4 Å². The first-order valence-corrected chi connectivity index (χ1v) is 10.2. The quantitative estimate of drug-likeness (QED) is 0.261. The molecule has 1 N–H and O–H groups in total. The van der Waals surface area contributed by atoms with E-state index >= 15 is 0 Å². The Balaban J connectivity index is 1.49. The van der Waals surface area contributed by atoms with Crippen molar-refractivity contribution < 1.29 is 9.47 Å². The van der Waals surface area contributed by atoms with E-state index in [0.29, 0.717) is 13.2 Å². The summed E-state index contributed by atoms with van der Waals surface area (Å²) in [6.45, 7) is 0.976. The Labute approximate surface area is 182 Å². The van der Waals surface area contributed by atoms with Crippen LogP contribution in [0.5, 0.6) is 11.5 Å². The number of hydrazone groups is 1. The van der Waals surface area contributed by atoms with E-state index in [-0.39, 0.29) is 0 Å².